The summed E-state index contributed by atoms with van der Waals surface area (Å²) in [6.07, 6.45) is 2.00. The molecular weight excluding hydrogens is 456 g/mol. The van der Waals surface area contributed by atoms with E-state index < -0.39 is 23.6 Å². The number of aliphatic imine (C=N–C) groups is 1. The molecule has 0 aliphatic carbocycles. The summed E-state index contributed by atoms with van der Waals surface area (Å²) in [6.45, 7) is 5.71. The molecule has 2 unspecified atom stereocenters. The van der Waals surface area contributed by atoms with Gasteiger partial charge in [-0.2, -0.15) is 0 Å². The zero-order valence-corrected chi connectivity index (χ0v) is 19.5. The summed E-state index contributed by atoms with van der Waals surface area (Å²) in [5.41, 5.74) is 4.10. The van der Waals surface area contributed by atoms with Crippen LogP contribution in [0, 0.1) is 5.92 Å². The summed E-state index contributed by atoms with van der Waals surface area (Å²) in [5.74, 6) is -0.790. The molecule has 9 nitrogen and oxygen atoms in total. The van der Waals surface area contributed by atoms with Crippen LogP contribution in [0.3, 0.4) is 0 Å². The van der Waals surface area contributed by atoms with Crippen LogP contribution in [0.2, 0.25) is 5.02 Å². The molecule has 1 aromatic carbocycles. The zero-order valence-electron chi connectivity index (χ0n) is 18.0. The first kappa shape index (κ1) is 24.1. The number of halogens is 1. The average Bonchev–Trinajstić information content (AvgIpc) is 3.31. The van der Waals surface area contributed by atoms with Crippen molar-refractivity contribution in [2.45, 2.75) is 45.3 Å². The van der Waals surface area contributed by atoms with E-state index >= 15 is 0 Å². The topological polar surface area (TPSA) is 123 Å². The smallest absolute Gasteiger partial charge is 0.336 e. The van der Waals surface area contributed by atoms with Crippen molar-refractivity contribution in [2.24, 2.45) is 16.6 Å². The summed E-state index contributed by atoms with van der Waals surface area (Å²) in [5, 5.41) is 0.395. The highest BCUT2D eigenvalue weighted by Gasteiger charge is 2.42. The van der Waals surface area contributed by atoms with Gasteiger partial charge in [0, 0.05) is 18.0 Å². The predicted molar refractivity (Wildman–Crippen MR) is 122 cm³/mol. The molecule has 0 spiro atoms. The fraction of sp³-hybridized carbons (Fsp3) is 0.429. The SMILES string of the molecule is CCC1(C(N)=O)N=C(OC(=O)C(CC(C)C)N2CC(Oc3ccccc3Cl)=CC2=O)SN1. The molecule has 0 saturated heterocycles. The fourth-order valence-electron chi connectivity index (χ4n) is 3.26. The number of ether oxygens (including phenoxy) is 2. The van der Waals surface area contributed by atoms with E-state index in [1.807, 2.05) is 13.8 Å². The van der Waals surface area contributed by atoms with E-state index in [4.69, 9.17) is 26.8 Å². The fourth-order valence-corrected chi connectivity index (χ4v) is 4.31. The molecule has 2 amide bonds. The van der Waals surface area contributed by atoms with Crippen LogP contribution in [-0.4, -0.2) is 46.2 Å². The largest absolute Gasteiger partial charge is 0.458 e. The van der Waals surface area contributed by atoms with Crippen LogP contribution in [0.4, 0.5) is 0 Å². The minimum Gasteiger partial charge on any atom is -0.458 e. The molecule has 0 aromatic heterocycles. The Bertz CT molecular complexity index is 983. The van der Waals surface area contributed by atoms with Crippen LogP contribution in [0.5, 0.6) is 5.75 Å². The Balaban J connectivity index is 1.73. The molecule has 3 rings (SSSR count). The van der Waals surface area contributed by atoms with E-state index in [9.17, 15) is 14.4 Å². The molecule has 2 aliphatic heterocycles. The summed E-state index contributed by atoms with van der Waals surface area (Å²) < 4.78 is 14.0. The van der Waals surface area contributed by atoms with Gasteiger partial charge in [0.25, 0.3) is 17.0 Å². The van der Waals surface area contributed by atoms with Gasteiger partial charge >= 0.3 is 5.97 Å². The number of carbonyl (C=O) groups excluding carboxylic acids is 3. The second-order valence-electron chi connectivity index (χ2n) is 7.84. The van der Waals surface area contributed by atoms with E-state index in [2.05, 4.69) is 9.71 Å². The molecule has 0 saturated carbocycles. The Morgan fingerprint density at radius 1 is 1.38 bits per heavy atom. The molecular formula is C21H25ClN4O5S. The van der Waals surface area contributed by atoms with E-state index in [0.717, 1.165) is 11.9 Å². The number of nitrogens with two attached hydrogens (primary N) is 1. The van der Waals surface area contributed by atoms with Gasteiger partial charge in [0.2, 0.25) is 5.66 Å². The lowest BCUT2D eigenvalue weighted by atomic mass is 10.0. The molecule has 0 fully saturated rings. The number of hydrogen-bond acceptors (Lipinski definition) is 8. The van der Waals surface area contributed by atoms with E-state index in [1.165, 1.54) is 11.0 Å². The first-order chi connectivity index (χ1) is 15.1. The second kappa shape index (κ2) is 9.93. The molecule has 2 aliphatic rings. The Morgan fingerprint density at radius 3 is 2.69 bits per heavy atom. The third kappa shape index (κ3) is 5.25. The number of rotatable bonds is 8. The van der Waals surface area contributed by atoms with Crippen molar-refractivity contribution in [3.05, 3.63) is 41.1 Å². The predicted octanol–water partition coefficient (Wildman–Crippen LogP) is 2.60. The van der Waals surface area contributed by atoms with E-state index in [-0.39, 0.29) is 23.6 Å². The maximum atomic E-state index is 13.0. The Labute approximate surface area is 195 Å². The highest BCUT2D eigenvalue weighted by Crippen LogP contribution is 2.29. The van der Waals surface area contributed by atoms with Gasteiger partial charge in [-0.15, -0.1) is 0 Å². The van der Waals surface area contributed by atoms with E-state index in [0.29, 0.717) is 29.4 Å². The molecule has 0 radical (unpaired) electrons. The van der Waals surface area contributed by atoms with Gasteiger partial charge in [0.1, 0.15) is 17.6 Å². The molecule has 32 heavy (non-hydrogen) atoms. The van der Waals surface area contributed by atoms with Gasteiger partial charge in [-0.05, 0) is 30.9 Å². The first-order valence-electron chi connectivity index (χ1n) is 10.1. The number of benzene rings is 1. The number of primary amides is 1. The summed E-state index contributed by atoms with van der Waals surface area (Å²) in [4.78, 5) is 43.0. The van der Waals surface area contributed by atoms with Gasteiger partial charge in [-0.1, -0.05) is 44.5 Å². The zero-order chi connectivity index (χ0) is 23.5. The van der Waals surface area contributed by atoms with Gasteiger partial charge in [-0.25, -0.2) is 14.5 Å². The normalized spacial score (nSPS) is 21.4. The molecule has 2 heterocycles. The van der Waals surface area contributed by atoms with Gasteiger partial charge in [0.15, 0.2) is 0 Å². The standard InChI is InChI=1S/C21H25ClN4O5S/c1-4-21(19(23)29)24-20(32-25-21)31-18(28)15(9-12(2)3)26-11-13(10-17(26)27)30-16-8-6-5-7-14(16)22/h5-8,10,12,15,25H,4,9,11H2,1-3H3,(H2,23,29). The van der Waals surface area contributed by atoms with Crippen molar-refractivity contribution in [1.29, 1.82) is 0 Å². The maximum Gasteiger partial charge on any atom is 0.336 e. The highest BCUT2D eigenvalue weighted by molar-refractivity contribution is 8.12. The maximum absolute atomic E-state index is 13.0. The van der Waals surface area contributed by atoms with Crippen molar-refractivity contribution in [2.75, 3.05) is 6.54 Å². The van der Waals surface area contributed by atoms with Crippen molar-refractivity contribution in [1.82, 2.24) is 9.62 Å². The van der Waals surface area contributed by atoms with Crippen LogP contribution in [-0.2, 0) is 19.1 Å². The number of hydrogen-bond donors (Lipinski definition) is 2. The Hall–Kier alpha value is -2.56. The third-order valence-corrected chi connectivity index (χ3v) is 6.11. The first-order valence-corrected chi connectivity index (χ1v) is 11.3. The minimum absolute atomic E-state index is 0.0171. The van der Waals surface area contributed by atoms with Crippen molar-refractivity contribution >= 4 is 46.6 Å². The lowest BCUT2D eigenvalue weighted by Crippen LogP contribution is -2.48. The number of esters is 1. The van der Waals surface area contributed by atoms with Gasteiger partial charge in [0.05, 0.1) is 11.6 Å². The number of nitrogens with one attached hydrogen (secondary N) is 1. The van der Waals surface area contributed by atoms with Crippen molar-refractivity contribution in [3.63, 3.8) is 0 Å². The monoisotopic (exact) mass is 480 g/mol. The minimum atomic E-state index is -1.32. The quantitative estimate of drug-likeness (QED) is 0.433. The highest BCUT2D eigenvalue weighted by atomic mass is 35.5. The molecule has 2 atom stereocenters. The van der Waals surface area contributed by atoms with Crippen LogP contribution in [0.15, 0.2) is 41.1 Å². The summed E-state index contributed by atoms with van der Waals surface area (Å²) in [6, 6.07) is 6.05. The lowest BCUT2D eigenvalue weighted by molar-refractivity contribution is -0.146. The molecule has 11 heteroatoms. The Kier molecular flexibility index (Phi) is 7.47. The molecule has 172 valence electrons. The molecule has 0 bridgehead atoms. The number of carbonyl (C=O) groups is 3. The second-order valence-corrected chi connectivity index (χ2v) is 9.00. The number of para-hydroxylation sites is 1. The van der Waals surface area contributed by atoms with Gasteiger partial charge < -0.3 is 20.1 Å². The lowest BCUT2D eigenvalue weighted by Gasteiger charge is -2.27. The van der Waals surface area contributed by atoms with Crippen molar-refractivity contribution < 1.29 is 23.9 Å². The van der Waals surface area contributed by atoms with Crippen LogP contribution in [0.25, 0.3) is 0 Å². The summed E-state index contributed by atoms with van der Waals surface area (Å²) >= 11 is 7.04. The molecule has 1 aromatic rings. The van der Waals surface area contributed by atoms with Crippen LogP contribution >= 0.6 is 23.5 Å². The van der Waals surface area contributed by atoms with Crippen molar-refractivity contribution in [3.8, 4) is 5.75 Å². The Morgan fingerprint density at radius 2 is 2.09 bits per heavy atom. The van der Waals surface area contributed by atoms with Crippen LogP contribution < -0.4 is 15.2 Å². The average molecular weight is 481 g/mol. The molecule has 3 N–H and O–H groups in total. The number of amides is 2. The third-order valence-electron chi connectivity index (χ3n) is 5.01. The van der Waals surface area contributed by atoms with Crippen LogP contribution in [0.1, 0.15) is 33.6 Å². The van der Waals surface area contributed by atoms with Gasteiger partial charge in [-0.3, -0.25) is 9.59 Å². The van der Waals surface area contributed by atoms with E-state index in [1.54, 1.807) is 31.2 Å². The summed E-state index contributed by atoms with van der Waals surface area (Å²) in [7, 11) is 0. The number of nitrogens with zero attached hydrogens (tertiary/aromatic N) is 2.